The Morgan fingerprint density at radius 3 is 2.38 bits per heavy atom. The van der Waals surface area contributed by atoms with Crippen LogP contribution >= 0.6 is 0 Å². The zero-order valence-electron chi connectivity index (χ0n) is 12.9. The second-order valence-corrected chi connectivity index (χ2v) is 6.02. The van der Waals surface area contributed by atoms with Crippen LogP contribution in [0.15, 0.2) is 24.3 Å². The molecule has 7 heteroatoms. The Bertz CT molecular complexity index is 748. The number of fused-ring (bicyclic) bond motifs is 1. The van der Waals surface area contributed by atoms with Gasteiger partial charge in [0.1, 0.15) is 0 Å². The van der Waals surface area contributed by atoms with Gasteiger partial charge in [-0.2, -0.15) is 18.3 Å². The fourth-order valence-corrected chi connectivity index (χ4v) is 3.14. The zero-order chi connectivity index (χ0) is 17.3. The second-order valence-electron chi connectivity index (χ2n) is 6.02. The highest BCUT2D eigenvalue weighted by molar-refractivity contribution is 5.70. The van der Waals surface area contributed by atoms with Crippen molar-refractivity contribution in [2.24, 2.45) is 0 Å². The van der Waals surface area contributed by atoms with E-state index in [0.29, 0.717) is 29.7 Å². The predicted molar refractivity (Wildman–Crippen MR) is 80.8 cm³/mol. The number of alkyl halides is 3. The average Bonchev–Trinajstić information content (AvgIpc) is 2.88. The maximum absolute atomic E-state index is 13.2. The third kappa shape index (κ3) is 3.44. The molecule has 0 fully saturated rings. The molecule has 0 bridgehead atoms. The Balaban J connectivity index is 1.87. The van der Waals surface area contributed by atoms with E-state index in [4.69, 9.17) is 5.11 Å². The maximum atomic E-state index is 13.2. The van der Waals surface area contributed by atoms with Crippen molar-refractivity contribution >= 4 is 5.97 Å². The highest BCUT2D eigenvalue weighted by Gasteiger charge is 2.39. The fraction of sp³-hybridized carbons (Fsp3) is 0.412. The van der Waals surface area contributed by atoms with Gasteiger partial charge in [-0.05, 0) is 36.8 Å². The van der Waals surface area contributed by atoms with E-state index >= 15 is 0 Å². The van der Waals surface area contributed by atoms with Gasteiger partial charge in [-0.25, -0.2) is 0 Å². The molecule has 1 N–H and O–H groups in total. The van der Waals surface area contributed by atoms with Crippen LogP contribution in [0.2, 0.25) is 0 Å². The van der Waals surface area contributed by atoms with E-state index in [1.54, 1.807) is 24.3 Å². The molecule has 0 spiro atoms. The Hall–Kier alpha value is -2.31. The van der Waals surface area contributed by atoms with Crippen LogP contribution in [-0.2, 0) is 36.8 Å². The number of carboxylic acids is 1. The van der Waals surface area contributed by atoms with Crippen molar-refractivity contribution in [1.82, 2.24) is 9.78 Å². The molecule has 1 aromatic heterocycles. The molecule has 3 rings (SSSR count). The lowest BCUT2D eigenvalue weighted by Gasteiger charge is -2.14. The van der Waals surface area contributed by atoms with Gasteiger partial charge in [-0.3, -0.25) is 9.48 Å². The second kappa shape index (κ2) is 6.30. The number of aromatic nitrogens is 2. The lowest BCUT2D eigenvalue weighted by atomic mass is 9.95. The van der Waals surface area contributed by atoms with Gasteiger partial charge in [0.15, 0.2) is 5.69 Å². The largest absolute Gasteiger partial charge is 0.481 e. The highest BCUT2D eigenvalue weighted by atomic mass is 19.4. The molecule has 4 nitrogen and oxygen atoms in total. The molecular formula is C17H17F3N2O2. The summed E-state index contributed by atoms with van der Waals surface area (Å²) in [6, 6.07) is 6.85. The van der Waals surface area contributed by atoms with Crippen molar-refractivity contribution in [1.29, 1.82) is 0 Å². The minimum atomic E-state index is -4.43. The number of benzene rings is 1. The smallest absolute Gasteiger partial charge is 0.435 e. The number of aliphatic carboxylic acids is 1. The molecule has 128 valence electrons. The van der Waals surface area contributed by atoms with Crippen LogP contribution in [-0.4, -0.2) is 20.9 Å². The van der Waals surface area contributed by atoms with Gasteiger partial charge in [0.05, 0.1) is 13.0 Å². The van der Waals surface area contributed by atoms with Gasteiger partial charge >= 0.3 is 12.1 Å². The maximum Gasteiger partial charge on any atom is 0.435 e. The molecule has 0 unspecified atom stereocenters. The van der Waals surface area contributed by atoms with E-state index < -0.39 is 17.8 Å². The zero-order valence-corrected chi connectivity index (χ0v) is 12.9. The predicted octanol–water partition coefficient (Wildman–Crippen LogP) is 3.46. The Kier molecular flexibility index (Phi) is 4.34. The molecule has 0 radical (unpaired) electrons. The summed E-state index contributed by atoms with van der Waals surface area (Å²) in [6.45, 7) is 0.256. The van der Waals surface area contributed by atoms with Gasteiger partial charge in [-0.15, -0.1) is 0 Å². The van der Waals surface area contributed by atoms with E-state index in [9.17, 15) is 18.0 Å². The molecular weight excluding hydrogens is 321 g/mol. The highest BCUT2D eigenvalue weighted by Crippen LogP contribution is 2.36. The van der Waals surface area contributed by atoms with E-state index in [1.165, 1.54) is 4.68 Å². The van der Waals surface area contributed by atoms with Crippen LogP contribution in [0.5, 0.6) is 0 Å². The van der Waals surface area contributed by atoms with Crippen LogP contribution in [0, 0.1) is 0 Å². The third-order valence-electron chi connectivity index (χ3n) is 4.24. The first-order valence-corrected chi connectivity index (χ1v) is 7.80. The van der Waals surface area contributed by atoms with Gasteiger partial charge in [-0.1, -0.05) is 24.3 Å². The van der Waals surface area contributed by atoms with Gasteiger partial charge < -0.3 is 5.11 Å². The van der Waals surface area contributed by atoms with Crippen molar-refractivity contribution in [3.8, 4) is 0 Å². The quantitative estimate of drug-likeness (QED) is 0.929. The van der Waals surface area contributed by atoms with Crippen LogP contribution in [0.25, 0.3) is 0 Å². The van der Waals surface area contributed by atoms with Crippen molar-refractivity contribution in [2.45, 2.75) is 44.8 Å². The molecule has 0 saturated heterocycles. The molecule has 0 aliphatic heterocycles. The number of halogens is 3. The summed E-state index contributed by atoms with van der Waals surface area (Å²) < 4.78 is 41.0. The third-order valence-corrected chi connectivity index (χ3v) is 4.24. The van der Waals surface area contributed by atoms with Gasteiger partial charge in [0.25, 0.3) is 0 Å². The Labute approximate surface area is 136 Å². The van der Waals surface area contributed by atoms with Gasteiger partial charge in [0, 0.05) is 11.3 Å². The summed E-state index contributed by atoms with van der Waals surface area (Å²) in [5.74, 6) is -0.918. The van der Waals surface area contributed by atoms with E-state index in [2.05, 4.69) is 5.10 Å². The van der Waals surface area contributed by atoms with Crippen LogP contribution in [0.1, 0.15) is 40.9 Å². The summed E-state index contributed by atoms with van der Waals surface area (Å²) in [5, 5.41) is 12.6. The van der Waals surface area contributed by atoms with Crippen LogP contribution in [0.4, 0.5) is 13.2 Å². The molecule has 2 aromatic rings. The topological polar surface area (TPSA) is 55.1 Å². The minimum Gasteiger partial charge on any atom is -0.481 e. The number of hydrogen-bond donors (Lipinski definition) is 1. The first-order valence-electron chi connectivity index (χ1n) is 7.80. The number of carboxylic acid groups (broad SMARTS) is 1. The molecule has 0 atom stereocenters. The lowest BCUT2D eigenvalue weighted by molar-refractivity contribution is -0.142. The average molecular weight is 338 g/mol. The molecule has 0 saturated carbocycles. The molecule has 1 aliphatic carbocycles. The van der Waals surface area contributed by atoms with Gasteiger partial charge in [0.2, 0.25) is 0 Å². The molecule has 1 aromatic carbocycles. The summed E-state index contributed by atoms with van der Waals surface area (Å²) in [5.41, 5.74) is 1.69. The van der Waals surface area contributed by atoms with E-state index in [1.807, 2.05) is 0 Å². The lowest BCUT2D eigenvalue weighted by Crippen LogP contribution is -2.11. The Morgan fingerprint density at radius 1 is 1.12 bits per heavy atom. The van der Waals surface area contributed by atoms with Crippen LogP contribution in [0.3, 0.4) is 0 Å². The van der Waals surface area contributed by atoms with Crippen LogP contribution < -0.4 is 0 Å². The van der Waals surface area contributed by atoms with E-state index in [0.717, 1.165) is 18.4 Å². The summed E-state index contributed by atoms with van der Waals surface area (Å²) >= 11 is 0. The molecule has 1 aliphatic rings. The summed E-state index contributed by atoms with van der Waals surface area (Å²) in [6.07, 6.45) is -1.86. The van der Waals surface area contributed by atoms with Crippen molar-refractivity contribution < 1.29 is 23.1 Å². The number of rotatable bonds is 4. The Morgan fingerprint density at radius 2 is 1.75 bits per heavy atom. The van der Waals surface area contributed by atoms with Crippen molar-refractivity contribution in [3.05, 3.63) is 52.3 Å². The number of nitrogens with zero attached hydrogens (tertiary/aromatic N) is 2. The first-order chi connectivity index (χ1) is 11.3. The first kappa shape index (κ1) is 16.5. The summed E-state index contributed by atoms with van der Waals surface area (Å²) in [4.78, 5) is 10.7. The minimum absolute atomic E-state index is 0.0737. The number of hydrogen-bond acceptors (Lipinski definition) is 2. The molecule has 0 amide bonds. The number of carbonyl (C=O) groups is 1. The summed E-state index contributed by atoms with van der Waals surface area (Å²) in [7, 11) is 0. The SMILES string of the molecule is O=C(O)Cc1ccc(Cn2nc(C(F)(F)F)c3c2CCCC3)cc1. The molecule has 1 heterocycles. The van der Waals surface area contributed by atoms with Crippen molar-refractivity contribution in [2.75, 3.05) is 0 Å². The normalized spacial score (nSPS) is 14.5. The van der Waals surface area contributed by atoms with Crippen molar-refractivity contribution in [3.63, 3.8) is 0 Å². The monoisotopic (exact) mass is 338 g/mol. The molecule has 24 heavy (non-hydrogen) atoms. The fourth-order valence-electron chi connectivity index (χ4n) is 3.14. The standard InChI is InChI=1S/C17H17F3N2O2/c18-17(19,20)16-13-3-1-2-4-14(13)22(21-16)10-12-7-5-11(6-8-12)9-15(23)24/h5-8H,1-4,9-10H2,(H,23,24). The van der Waals surface area contributed by atoms with E-state index in [-0.39, 0.29) is 13.0 Å².